The zero-order chi connectivity index (χ0) is 14.7. The van der Waals surface area contributed by atoms with Crippen molar-refractivity contribution in [2.75, 3.05) is 5.43 Å². The number of nitrogens with one attached hydrogen (secondary N) is 2. The van der Waals surface area contributed by atoms with Crippen LogP contribution in [0.1, 0.15) is 5.69 Å². The molecule has 2 heterocycles. The molecule has 0 unspecified atom stereocenters. The molecule has 9 nitrogen and oxygen atoms in total. The number of aryl methyl sites for hydroxylation is 1. The highest BCUT2D eigenvalue weighted by Gasteiger charge is 2.12. The number of aromatic amines is 1. The predicted octanol–water partition coefficient (Wildman–Crippen LogP) is 0.818. The molecule has 0 aliphatic rings. The predicted molar refractivity (Wildman–Crippen MR) is 72.4 cm³/mol. The summed E-state index contributed by atoms with van der Waals surface area (Å²) in [5, 5.41) is 11.4. The summed E-state index contributed by atoms with van der Waals surface area (Å²) in [6.07, 6.45) is 0. The molecule has 4 N–H and O–H groups in total. The fourth-order valence-corrected chi connectivity index (χ4v) is 2.29. The van der Waals surface area contributed by atoms with Gasteiger partial charge in [0.1, 0.15) is 10.8 Å². The van der Waals surface area contributed by atoms with Crippen LogP contribution < -0.4 is 16.8 Å². The second-order valence-electron chi connectivity index (χ2n) is 3.74. The average Bonchev–Trinajstić information content (AvgIpc) is 2.36. The lowest BCUT2D eigenvalue weighted by atomic mass is 10.4. The molecule has 0 bridgehead atoms. The number of rotatable bonds is 4. The summed E-state index contributed by atoms with van der Waals surface area (Å²) >= 11 is 0.999. The molecule has 10 heteroatoms. The first kappa shape index (κ1) is 14.0. The number of H-pyrrole nitrogens is 1. The van der Waals surface area contributed by atoms with Crippen molar-refractivity contribution in [2.24, 2.45) is 5.84 Å². The smallest absolute Gasteiger partial charge is 0.275 e. The maximum atomic E-state index is 11.3. The normalized spacial score (nSPS) is 10.3. The van der Waals surface area contributed by atoms with Gasteiger partial charge in [-0.25, -0.2) is 15.8 Å². The quantitative estimate of drug-likeness (QED) is 0.326. The Bertz CT molecular complexity index is 716. The van der Waals surface area contributed by atoms with Crippen molar-refractivity contribution < 1.29 is 4.92 Å². The summed E-state index contributed by atoms with van der Waals surface area (Å²) in [7, 11) is 0. The Hall–Kier alpha value is -2.46. The number of anilines is 1. The van der Waals surface area contributed by atoms with Crippen LogP contribution in [0.4, 0.5) is 11.5 Å². The molecule has 0 aliphatic heterocycles. The molecule has 0 radical (unpaired) electrons. The van der Waals surface area contributed by atoms with Gasteiger partial charge in [-0.15, -0.1) is 0 Å². The van der Waals surface area contributed by atoms with Crippen LogP contribution in [0.3, 0.4) is 0 Å². The fraction of sp³-hybridized carbons (Fsp3) is 0.100. The van der Waals surface area contributed by atoms with Gasteiger partial charge in [-0.2, -0.15) is 0 Å². The van der Waals surface area contributed by atoms with Crippen LogP contribution in [0.5, 0.6) is 0 Å². The van der Waals surface area contributed by atoms with E-state index < -0.39 is 4.92 Å². The Kier molecular flexibility index (Phi) is 3.96. The van der Waals surface area contributed by atoms with E-state index in [0.29, 0.717) is 15.9 Å². The second-order valence-corrected chi connectivity index (χ2v) is 4.75. The van der Waals surface area contributed by atoms with Gasteiger partial charge < -0.3 is 10.4 Å². The van der Waals surface area contributed by atoms with E-state index in [9.17, 15) is 14.9 Å². The number of hydrogen-bond donors (Lipinski definition) is 3. The van der Waals surface area contributed by atoms with Crippen LogP contribution in [0.25, 0.3) is 0 Å². The van der Waals surface area contributed by atoms with E-state index in [0.717, 1.165) is 11.8 Å². The molecule has 0 aliphatic carbocycles. The molecule has 0 fully saturated rings. The van der Waals surface area contributed by atoms with E-state index in [1.807, 2.05) is 0 Å². The highest BCUT2D eigenvalue weighted by Crippen LogP contribution is 2.27. The molecular weight excluding hydrogens is 284 g/mol. The van der Waals surface area contributed by atoms with Crippen molar-refractivity contribution in [1.29, 1.82) is 0 Å². The molecule has 0 atom stereocenters. The largest absolute Gasteiger partial charge is 0.308 e. The highest BCUT2D eigenvalue weighted by molar-refractivity contribution is 7.99. The molecule has 2 rings (SSSR count). The topological polar surface area (TPSA) is 140 Å². The van der Waals surface area contributed by atoms with Crippen LogP contribution in [0.15, 0.2) is 33.2 Å². The monoisotopic (exact) mass is 294 g/mol. The molecule has 0 aromatic carbocycles. The van der Waals surface area contributed by atoms with Crippen molar-refractivity contribution in [3.8, 4) is 0 Å². The van der Waals surface area contributed by atoms with Gasteiger partial charge in [-0.3, -0.25) is 14.9 Å². The summed E-state index contributed by atoms with van der Waals surface area (Å²) < 4.78 is 0. The Balaban J connectivity index is 2.39. The number of nitrogen functional groups attached to an aromatic ring is 1. The van der Waals surface area contributed by atoms with E-state index in [1.54, 1.807) is 6.92 Å². The average molecular weight is 294 g/mol. The molecule has 0 spiro atoms. The van der Waals surface area contributed by atoms with E-state index in [2.05, 4.69) is 20.4 Å². The van der Waals surface area contributed by atoms with Crippen LogP contribution in [-0.2, 0) is 0 Å². The van der Waals surface area contributed by atoms with Crippen molar-refractivity contribution in [1.82, 2.24) is 15.0 Å². The minimum absolute atomic E-state index is 0.150. The first-order valence-corrected chi connectivity index (χ1v) is 6.18. The van der Waals surface area contributed by atoms with E-state index >= 15 is 0 Å². The lowest BCUT2D eigenvalue weighted by Gasteiger charge is -2.04. The molecule has 0 saturated heterocycles. The fourth-order valence-electron chi connectivity index (χ4n) is 1.42. The van der Waals surface area contributed by atoms with Crippen molar-refractivity contribution in [3.63, 3.8) is 0 Å². The van der Waals surface area contributed by atoms with Gasteiger partial charge in [0, 0.05) is 17.8 Å². The first-order valence-electron chi connectivity index (χ1n) is 5.37. The number of nitro groups is 1. The maximum absolute atomic E-state index is 11.3. The summed E-state index contributed by atoms with van der Waals surface area (Å²) in [4.78, 5) is 32.3. The maximum Gasteiger partial charge on any atom is 0.275 e. The zero-order valence-electron chi connectivity index (χ0n) is 10.3. The summed E-state index contributed by atoms with van der Waals surface area (Å²) in [5.41, 5.74) is 2.33. The van der Waals surface area contributed by atoms with Crippen LogP contribution in [0.2, 0.25) is 0 Å². The minimum Gasteiger partial charge on any atom is -0.308 e. The molecule has 2 aromatic heterocycles. The highest BCUT2D eigenvalue weighted by atomic mass is 32.2. The molecule has 20 heavy (non-hydrogen) atoms. The number of nitrogens with zero attached hydrogens (tertiary/aromatic N) is 3. The van der Waals surface area contributed by atoms with Crippen molar-refractivity contribution >= 4 is 23.3 Å². The number of hydrazine groups is 1. The van der Waals surface area contributed by atoms with Crippen LogP contribution >= 0.6 is 11.8 Å². The van der Waals surface area contributed by atoms with Gasteiger partial charge in [-0.1, -0.05) is 0 Å². The standard InChI is InChI=1S/C10H10N6O3S/c1-5-2-8(17)14-10(12-5)20-9-4-6(16(18)19)3-7(13-9)15-11/h2-4H,11H2,1H3,(H,13,15)(H,12,14,17). The Labute approximate surface area is 116 Å². The van der Waals surface area contributed by atoms with Gasteiger partial charge >= 0.3 is 0 Å². The number of hydrogen-bond acceptors (Lipinski definition) is 8. The Morgan fingerprint density at radius 3 is 2.75 bits per heavy atom. The van der Waals surface area contributed by atoms with E-state index in [4.69, 9.17) is 5.84 Å². The SMILES string of the molecule is Cc1cc(=O)[nH]c(Sc2cc([N+](=O)[O-])cc(NN)n2)n1. The Morgan fingerprint density at radius 1 is 1.40 bits per heavy atom. The van der Waals surface area contributed by atoms with Gasteiger partial charge in [0.25, 0.3) is 11.2 Å². The molecular formula is C10H10N6O3S. The molecule has 0 amide bonds. The van der Waals surface area contributed by atoms with Gasteiger partial charge in [0.2, 0.25) is 0 Å². The van der Waals surface area contributed by atoms with Crippen molar-refractivity contribution in [2.45, 2.75) is 17.1 Å². The van der Waals surface area contributed by atoms with E-state index in [-0.39, 0.29) is 17.1 Å². The second kappa shape index (κ2) is 5.67. The molecule has 104 valence electrons. The number of nitrogens with two attached hydrogens (primary N) is 1. The zero-order valence-corrected chi connectivity index (χ0v) is 11.1. The first-order chi connectivity index (χ1) is 9.47. The Morgan fingerprint density at radius 2 is 2.15 bits per heavy atom. The van der Waals surface area contributed by atoms with E-state index in [1.165, 1.54) is 18.2 Å². The summed E-state index contributed by atoms with van der Waals surface area (Å²) in [5.74, 6) is 5.36. The summed E-state index contributed by atoms with van der Waals surface area (Å²) in [6.45, 7) is 1.67. The van der Waals surface area contributed by atoms with Crippen LogP contribution in [0, 0.1) is 17.0 Å². The summed E-state index contributed by atoms with van der Waals surface area (Å²) in [6, 6.07) is 3.82. The third kappa shape index (κ3) is 3.30. The number of aromatic nitrogens is 3. The lowest BCUT2D eigenvalue weighted by Crippen LogP contribution is -2.10. The van der Waals surface area contributed by atoms with Gasteiger partial charge in [0.05, 0.1) is 11.0 Å². The third-order valence-electron chi connectivity index (χ3n) is 2.19. The van der Waals surface area contributed by atoms with Gasteiger partial charge in [-0.05, 0) is 18.7 Å². The van der Waals surface area contributed by atoms with Gasteiger partial charge in [0.15, 0.2) is 5.16 Å². The minimum atomic E-state index is -0.557. The van der Waals surface area contributed by atoms with Crippen LogP contribution in [-0.4, -0.2) is 19.9 Å². The lowest BCUT2D eigenvalue weighted by molar-refractivity contribution is -0.385. The third-order valence-corrected chi connectivity index (χ3v) is 3.00. The molecule has 2 aromatic rings. The number of pyridine rings is 1. The van der Waals surface area contributed by atoms with Crippen molar-refractivity contribution in [3.05, 3.63) is 44.4 Å². The molecule has 0 saturated carbocycles.